The van der Waals surface area contributed by atoms with E-state index >= 15 is 0 Å². The monoisotopic (exact) mass is 280 g/mol. The van der Waals surface area contributed by atoms with Crippen molar-refractivity contribution in [2.75, 3.05) is 23.8 Å². The summed E-state index contributed by atoms with van der Waals surface area (Å²) in [4.78, 5) is 17.2. The SMILES string of the molecule is CCCNc1cc([N+](=O)[O-])cc(N(C)C(CC)CC)n1. The van der Waals surface area contributed by atoms with Crippen LogP contribution >= 0.6 is 0 Å². The topological polar surface area (TPSA) is 71.3 Å². The fraction of sp³-hybridized carbons (Fsp3) is 0.643. The predicted octanol–water partition coefficient (Wildman–Crippen LogP) is 3.44. The molecule has 112 valence electrons. The zero-order chi connectivity index (χ0) is 15.1. The molecule has 1 rings (SSSR count). The van der Waals surface area contributed by atoms with Crippen molar-refractivity contribution in [3.8, 4) is 0 Å². The summed E-state index contributed by atoms with van der Waals surface area (Å²) < 4.78 is 0. The van der Waals surface area contributed by atoms with Crippen LogP contribution in [0.2, 0.25) is 0 Å². The van der Waals surface area contributed by atoms with Crippen molar-refractivity contribution in [3.63, 3.8) is 0 Å². The van der Waals surface area contributed by atoms with Gasteiger partial charge in [0.25, 0.3) is 5.69 Å². The Morgan fingerprint density at radius 1 is 1.35 bits per heavy atom. The molecule has 1 aromatic heterocycles. The number of nitrogens with zero attached hydrogens (tertiary/aromatic N) is 3. The van der Waals surface area contributed by atoms with Gasteiger partial charge in [0.1, 0.15) is 11.6 Å². The first-order valence-electron chi connectivity index (χ1n) is 7.16. The van der Waals surface area contributed by atoms with Crippen LogP contribution in [-0.2, 0) is 0 Å². The highest BCUT2D eigenvalue weighted by Crippen LogP contribution is 2.25. The van der Waals surface area contributed by atoms with Crippen LogP contribution in [0, 0.1) is 10.1 Å². The third-order valence-corrected chi connectivity index (χ3v) is 3.42. The molecular weight excluding hydrogens is 256 g/mol. The lowest BCUT2D eigenvalue weighted by Gasteiger charge is -2.27. The standard InChI is InChI=1S/C14H24N4O2/c1-5-8-15-13-9-12(18(19)20)10-14(16-13)17(4)11(6-2)7-3/h9-11H,5-8H2,1-4H3,(H,15,16). The molecule has 0 aliphatic rings. The molecule has 0 atom stereocenters. The Hall–Kier alpha value is -1.85. The zero-order valence-corrected chi connectivity index (χ0v) is 12.7. The van der Waals surface area contributed by atoms with E-state index in [4.69, 9.17) is 0 Å². The lowest BCUT2D eigenvalue weighted by atomic mass is 10.1. The van der Waals surface area contributed by atoms with Gasteiger partial charge in [0.15, 0.2) is 0 Å². The third-order valence-electron chi connectivity index (χ3n) is 3.42. The van der Waals surface area contributed by atoms with E-state index in [1.165, 1.54) is 12.1 Å². The molecule has 0 amide bonds. The smallest absolute Gasteiger partial charge is 0.276 e. The Morgan fingerprint density at radius 2 is 2.00 bits per heavy atom. The highest BCUT2D eigenvalue weighted by Gasteiger charge is 2.17. The maximum atomic E-state index is 11.0. The Kier molecular flexibility index (Phi) is 6.21. The fourth-order valence-electron chi connectivity index (χ4n) is 2.16. The molecule has 20 heavy (non-hydrogen) atoms. The summed E-state index contributed by atoms with van der Waals surface area (Å²) in [5.74, 6) is 1.21. The minimum atomic E-state index is -0.372. The van der Waals surface area contributed by atoms with Gasteiger partial charge in [-0.1, -0.05) is 20.8 Å². The van der Waals surface area contributed by atoms with Crippen molar-refractivity contribution in [2.24, 2.45) is 0 Å². The lowest BCUT2D eigenvalue weighted by molar-refractivity contribution is -0.384. The Morgan fingerprint density at radius 3 is 2.50 bits per heavy atom. The molecule has 0 fully saturated rings. The van der Waals surface area contributed by atoms with Crippen LogP contribution < -0.4 is 10.2 Å². The molecule has 0 saturated carbocycles. The molecule has 0 radical (unpaired) electrons. The van der Waals surface area contributed by atoms with Crippen LogP contribution in [0.4, 0.5) is 17.3 Å². The number of hydrogen-bond acceptors (Lipinski definition) is 5. The molecule has 0 aromatic carbocycles. The number of nitro groups is 1. The molecule has 1 aromatic rings. The van der Waals surface area contributed by atoms with E-state index in [2.05, 4.69) is 24.1 Å². The highest BCUT2D eigenvalue weighted by atomic mass is 16.6. The number of hydrogen-bond donors (Lipinski definition) is 1. The van der Waals surface area contributed by atoms with E-state index < -0.39 is 0 Å². The van der Waals surface area contributed by atoms with Gasteiger partial charge in [0, 0.05) is 19.6 Å². The number of rotatable bonds is 8. The van der Waals surface area contributed by atoms with Gasteiger partial charge in [-0.3, -0.25) is 10.1 Å². The van der Waals surface area contributed by atoms with Crippen LogP contribution in [0.25, 0.3) is 0 Å². The van der Waals surface area contributed by atoms with E-state index in [1.54, 1.807) is 0 Å². The van der Waals surface area contributed by atoms with Crippen molar-refractivity contribution < 1.29 is 4.92 Å². The summed E-state index contributed by atoms with van der Waals surface area (Å²) >= 11 is 0. The summed E-state index contributed by atoms with van der Waals surface area (Å²) in [5, 5.41) is 14.2. The molecule has 6 nitrogen and oxygen atoms in total. The van der Waals surface area contributed by atoms with Gasteiger partial charge in [-0.2, -0.15) is 0 Å². The van der Waals surface area contributed by atoms with Crippen LogP contribution in [0.5, 0.6) is 0 Å². The summed E-state index contributed by atoms with van der Waals surface area (Å²) in [5.41, 5.74) is 0.0754. The highest BCUT2D eigenvalue weighted by molar-refractivity contribution is 5.56. The second kappa shape index (κ2) is 7.67. The second-order valence-corrected chi connectivity index (χ2v) is 4.83. The predicted molar refractivity (Wildman–Crippen MR) is 82.4 cm³/mol. The van der Waals surface area contributed by atoms with Gasteiger partial charge >= 0.3 is 0 Å². The number of aromatic nitrogens is 1. The first-order valence-corrected chi connectivity index (χ1v) is 7.16. The van der Waals surface area contributed by atoms with Crippen molar-refractivity contribution in [2.45, 2.75) is 46.1 Å². The average molecular weight is 280 g/mol. The maximum Gasteiger partial charge on any atom is 0.276 e. The number of anilines is 2. The fourth-order valence-corrected chi connectivity index (χ4v) is 2.16. The first-order chi connectivity index (χ1) is 9.53. The molecule has 6 heteroatoms. The summed E-state index contributed by atoms with van der Waals surface area (Å²) in [6.45, 7) is 7.01. The molecule has 0 unspecified atom stereocenters. The Balaban J connectivity index is 3.10. The Labute approximate surface area is 120 Å². The normalized spacial score (nSPS) is 10.7. The summed E-state index contributed by atoms with van der Waals surface area (Å²) in [6, 6.07) is 3.36. The minimum absolute atomic E-state index is 0.0754. The molecular formula is C14H24N4O2. The molecule has 0 aliphatic heterocycles. The zero-order valence-electron chi connectivity index (χ0n) is 12.7. The van der Waals surface area contributed by atoms with E-state index in [1.807, 2.05) is 18.9 Å². The van der Waals surface area contributed by atoms with Crippen molar-refractivity contribution in [3.05, 3.63) is 22.2 Å². The molecule has 1 N–H and O–H groups in total. The van der Waals surface area contributed by atoms with E-state index in [0.717, 1.165) is 25.8 Å². The number of pyridine rings is 1. The van der Waals surface area contributed by atoms with Gasteiger partial charge in [-0.25, -0.2) is 4.98 Å². The van der Waals surface area contributed by atoms with Gasteiger partial charge in [-0.05, 0) is 19.3 Å². The Bertz CT molecular complexity index is 447. The molecule has 0 bridgehead atoms. The molecule has 0 saturated heterocycles. The van der Waals surface area contributed by atoms with E-state index in [-0.39, 0.29) is 10.6 Å². The maximum absolute atomic E-state index is 11.0. The van der Waals surface area contributed by atoms with Crippen molar-refractivity contribution in [1.82, 2.24) is 4.98 Å². The molecule has 0 spiro atoms. The first kappa shape index (κ1) is 16.2. The van der Waals surface area contributed by atoms with Gasteiger partial charge < -0.3 is 10.2 Å². The van der Waals surface area contributed by atoms with E-state index in [9.17, 15) is 10.1 Å². The van der Waals surface area contributed by atoms with E-state index in [0.29, 0.717) is 17.7 Å². The molecule has 0 aliphatic carbocycles. The van der Waals surface area contributed by atoms with Crippen LogP contribution in [0.1, 0.15) is 40.0 Å². The number of nitrogens with one attached hydrogen (secondary N) is 1. The van der Waals surface area contributed by atoms with Gasteiger partial charge in [0.05, 0.1) is 17.1 Å². The quantitative estimate of drug-likeness (QED) is 0.583. The second-order valence-electron chi connectivity index (χ2n) is 4.83. The average Bonchev–Trinajstić information content (AvgIpc) is 2.45. The van der Waals surface area contributed by atoms with Crippen molar-refractivity contribution >= 4 is 17.3 Å². The van der Waals surface area contributed by atoms with Gasteiger partial charge in [0.2, 0.25) is 0 Å². The minimum Gasteiger partial charge on any atom is -0.370 e. The van der Waals surface area contributed by atoms with Crippen LogP contribution in [-0.4, -0.2) is 29.5 Å². The summed E-state index contributed by atoms with van der Waals surface area (Å²) in [6.07, 6.45) is 2.91. The van der Waals surface area contributed by atoms with Crippen LogP contribution in [0.15, 0.2) is 12.1 Å². The summed E-state index contributed by atoms with van der Waals surface area (Å²) in [7, 11) is 1.94. The van der Waals surface area contributed by atoms with Crippen LogP contribution in [0.3, 0.4) is 0 Å². The largest absolute Gasteiger partial charge is 0.370 e. The van der Waals surface area contributed by atoms with Crippen molar-refractivity contribution in [1.29, 1.82) is 0 Å². The van der Waals surface area contributed by atoms with Gasteiger partial charge in [-0.15, -0.1) is 0 Å². The molecule has 1 heterocycles. The lowest BCUT2D eigenvalue weighted by Crippen LogP contribution is -2.31. The third kappa shape index (κ3) is 4.08.